The van der Waals surface area contributed by atoms with Crippen LogP contribution in [-0.2, 0) is 0 Å². The van der Waals surface area contributed by atoms with Crippen molar-refractivity contribution in [1.29, 1.82) is 0 Å². The lowest BCUT2D eigenvalue weighted by Gasteiger charge is -2.14. The Kier molecular flexibility index (Phi) is 3.87. The molecule has 0 amide bonds. The van der Waals surface area contributed by atoms with Crippen LogP contribution in [0.25, 0.3) is 0 Å². The average Bonchev–Trinajstić information content (AvgIpc) is 3.10. The lowest BCUT2D eigenvalue weighted by molar-refractivity contribution is 0.271. The molecule has 0 spiro atoms. The highest BCUT2D eigenvalue weighted by molar-refractivity contribution is 9.10. The van der Waals surface area contributed by atoms with Crippen LogP contribution in [0.2, 0.25) is 0 Å². The Morgan fingerprint density at radius 1 is 1.50 bits per heavy atom. The average molecular weight is 285 g/mol. The molecule has 0 aromatic heterocycles. The Hall–Kier alpha value is -0.540. The first-order chi connectivity index (χ1) is 7.72. The molecule has 1 aromatic carbocycles. The zero-order chi connectivity index (χ0) is 11.5. The van der Waals surface area contributed by atoms with Crippen molar-refractivity contribution in [2.75, 3.05) is 13.2 Å². The molecule has 0 aliphatic heterocycles. The standard InChI is InChI=1S/C13H17BrO2/c1-9(7-15)11-3-2-4-12(13(11)14)16-8-10-5-6-10/h2-4,9-10,15H,5-8H2,1H3. The molecule has 1 fully saturated rings. The van der Waals surface area contributed by atoms with E-state index in [1.165, 1.54) is 12.8 Å². The number of rotatable bonds is 5. The van der Waals surface area contributed by atoms with Crippen molar-refractivity contribution in [1.82, 2.24) is 0 Å². The summed E-state index contributed by atoms with van der Waals surface area (Å²) in [4.78, 5) is 0. The molecule has 1 unspecified atom stereocenters. The van der Waals surface area contributed by atoms with Crippen LogP contribution in [-0.4, -0.2) is 18.3 Å². The fourth-order valence-electron chi connectivity index (χ4n) is 1.61. The fraction of sp³-hybridized carbons (Fsp3) is 0.538. The number of hydrogen-bond donors (Lipinski definition) is 1. The maximum atomic E-state index is 9.17. The smallest absolute Gasteiger partial charge is 0.133 e. The second-order valence-corrected chi connectivity index (χ2v) is 5.29. The largest absolute Gasteiger partial charge is 0.492 e. The monoisotopic (exact) mass is 284 g/mol. The van der Waals surface area contributed by atoms with Crippen LogP contribution >= 0.6 is 15.9 Å². The minimum atomic E-state index is 0.138. The molecule has 1 aliphatic carbocycles. The summed E-state index contributed by atoms with van der Waals surface area (Å²) in [6, 6.07) is 5.98. The molecule has 88 valence electrons. The summed E-state index contributed by atoms with van der Waals surface area (Å²) >= 11 is 3.56. The lowest BCUT2D eigenvalue weighted by Crippen LogP contribution is -2.03. The van der Waals surface area contributed by atoms with Crippen molar-refractivity contribution < 1.29 is 9.84 Å². The molecule has 2 nitrogen and oxygen atoms in total. The summed E-state index contributed by atoms with van der Waals surface area (Å²) in [5.41, 5.74) is 1.11. The van der Waals surface area contributed by atoms with Gasteiger partial charge in [0, 0.05) is 12.5 Å². The van der Waals surface area contributed by atoms with Crippen molar-refractivity contribution in [3.8, 4) is 5.75 Å². The molecular weight excluding hydrogens is 268 g/mol. The maximum Gasteiger partial charge on any atom is 0.133 e. The van der Waals surface area contributed by atoms with Gasteiger partial charge in [-0.25, -0.2) is 0 Å². The SMILES string of the molecule is CC(CO)c1cccc(OCC2CC2)c1Br. The first-order valence-corrected chi connectivity index (χ1v) is 6.53. The van der Waals surface area contributed by atoms with E-state index in [1.807, 2.05) is 25.1 Å². The predicted molar refractivity (Wildman–Crippen MR) is 67.9 cm³/mol. The van der Waals surface area contributed by atoms with Gasteiger partial charge in [-0.05, 0) is 46.3 Å². The number of aliphatic hydroxyl groups is 1. The Morgan fingerprint density at radius 2 is 2.25 bits per heavy atom. The zero-order valence-corrected chi connectivity index (χ0v) is 11.0. The molecular formula is C13H17BrO2. The second kappa shape index (κ2) is 5.19. The topological polar surface area (TPSA) is 29.5 Å². The molecule has 0 bridgehead atoms. The third kappa shape index (κ3) is 2.77. The van der Waals surface area contributed by atoms with E-state index in [2.05, 4.69) is 15.9 Å². The Labute approximate surface area is 105 Å². The number of halogens is 1. The van der Waals surface area contributed by atoms with Gasteiger partial charge in [-0.15, -0.1) is 0 Å². The summed E-state index contributed by atoms with van der Waals surface area (Å²) in [6.45, 7) is 2.98. The van der Waals surface area contributed by atoms with Crippen LogP contribution in [0.1, 0.15) is 31.2 Å². The molecule has 16 heavy (non-hydrogen) atoms. The third-order valence-corrected chi connectivity index (χ3v) is 3.82. The highest BCUT2D eigenvalue weighted by Crippen LogP contribution is 2.35. The minimum absolute atomic E-state index is 0.138. The molecule has 0 heterocycles. The van der Waals surface area contributed by atoms with Crippen LogP contribution in [0.4, 0.5) is 0 Å². The van der Waals surface area contributed by atoms with Crippen LogP contribution in [0, 0.1) is 5.92 Å². The van der Waals surface area contributed by atoms with Gasteiger partial charge in [0.05, 0.1) is 11.1 Å². The summed E-state index contributed by atoms with van der Waals surface area (Å²) in [5, 5.41) is 9.17. The fourth-order valence-corrected chi connectivity index (χ4v) is 2.38. The van der Waals surface area contributed by atoms with E-state index in [4.69, 9.17) is 4.74 Å². The predicted octanol–water partition coefficient (Wildman–Crippen LogP) is 3.33. The van der Waals surface area contributed by atoms with Gasteiger partial charge >= 0.3 is 0 Å². The Balaban J connectivity index is 2.11. The zero-order valence-electron chi connectivity index (χ0n) is 9.45. The van der Waals surface area contributed by atoms with E-state index in [0.717, 1.165) is 28.3 Å². The van der Waals surface area contributed by atoms with Gasteiger partial charge in [0.1, 0.15) is 5.75 Å². The van der Waals surface area contributed by atoms with Crippen molar-refractivity contribution in [2.45, 2.75) is 25.7 Å². The Bertz CT molecular complexity index is 361. The molecule has 1 N–H and O–H groups in total. The van der Waals surface area contributed by atoms with Crippen molar-refractivity contribution in [3.05, 3.63) is 28.2 Å². The van der Waals surface area contributed by atoms with Crippen LogP contribution in [0.3, 0.4) is 0 Å². The molecule has 2 rings (SSSR count). The number of ether oxygens (including phenoxy) is 1. The van der Waals surface area contributed by atoms with E-state index in [9.17, 15) is 5.11 Å². The third-order valence-electron chi connectivity index (χ3n) is 2.97. The molecule has 1 saturated carbocycles. The lowest BCUT2D eigenvalue weighted by atomic mass is 10.0. The summed E-state index contributed by atoms with van der Waals surface area (Å²) < 4.78 is 6.75. The molecule has 0 radical (unpaired) electrons. The summed E-state index contributed by atoms with van der Waals surface area (Å²) in [5.74, 6) is 1.79. The quantitative estimate of drug-likeness (QED) is 0.899. The second-order valence-electron chi connectivity index (χ2n) is 4.50. The van der Waals surface area contributed by atoms with Crippen molar-refractivity contribution >= 4 is 15.9 Å². The summed E-state index contributed by atoms with van der Waals surface area (Å²) in [6.07, 6.45) is 2.59. The maximum absolute atomic E-state index is 9.17. The van der Waals surface area contributed by atoms with E-state index in [-0.39, 0.29) is 12.5 Å². The van der Waals surface area contributed by atoms with Gasteiger partial charge in [0.2, 0.25) is 0 Å². The first kappa shape index (κ1) is 11.9. The van der Waals surface area contributed by atoms with Gasteiger partial charge in [0.15, 0.2) is 0 Å². The van der Waals surface area contributed by atoms with Gasteiger partial charge in [0.25, 0.3) is 0 Å². The molecule has 1 atom stereocenters. The number of hydrogen-bond acceptors (Lipinski definition) is 2. The molecule has 1 aliphatic rings. The number of aliphatic hydroxyl groups excluding tert-OH is 1. The van der Waals surface area contributed by atoms with Gasteiger partial charge in [-0.3, -0.25) is 0 Å². The molecule has 3 heteroatoms. The normalized spacial score (nSPS) is 17.2. The van der Waals surface area contributed by atoms with E-state index >= 15 is 0 Å². The highest BCUT2D eigenvalue weighted by Gasteiger charge is 2.22. The number of benzene rings is 1. The van der Waals surface area contributed by atoms with Crippen LogP contribution < -0.4 is 4.74 Å². The van der Waals surface area contributed by atoms with E-state index in [1.54, 1.807) is 0 Å². The van der Waals surface area contributed by atoms with Crippen molar-refractivity contribution in [2.24, 2.45) is 5.92 Å². The van der Waals surface area contributed by atoms with Gasteiger partial charge < -0.3 is 9.84 Å². The van der Waals surface area contributed by atoms with Crippen molar-refractivity contribution in [3.63, 3.8) is 0 Å². The van der Waals surface area contributed by atoms with Crippen LogP contribution in [0.15, 0.2) is 22.7 Å². The highest BCUT2D eigenvalue weighted by atomic mass is 79.9. The van der Waals surface area contributed by atoms with Crippen LogP contribution in [0.5, 0.6) is 5.75 Å². The van der Waals surface area contributed by atoms with Gasteiger partial charge in [-0.2, -0.15) is 0 Å². The molecule has 1 aromatic rings. The summed E-state index contributed by atoms with van der Waals surface area (Å²) in [7, 11) is 0. The van der Waals surface area contributed by atoms with Gasteiger partial charge in [-0.1, -0.05) is 19.1 Å². The van der Waals surface area contributed by atoms with E-state index < -0.39 is 0 Å². The van der Waals surface area contributed by atoms with E-state index in [0.29, 0.717) is 0 Å². The first-order valence-electron chi connectivity index (χ1n) is 5.74. The Morgan fingerprint density at radius 3 is 2.88 bits per heavy atom. The minimum Gasteiger partial charge on any atom is -0.492 e. The molecule has 0 saturated heterocycles.